The van der Waals surface area contributed by atoms with Crippen molar-refractivity contribution in [1.82, 2.24) is 5.32 Å². The first kappa shape index (κ1) is 14.9. The quantitative estimate of drug-likeness (QED) is 0.688. The first-order chi connectivity index (χ1) is 6.71. The van der Waals surface area contributed by atoms with E-state index in [1.165, 1.54) is 0 Å². The Labute approximate surface area is 95.8 Å². The molecule has 0 saturated heterocycles. The summed E-state index contributed by atoms with van der Waals surface area (Å²) in [7, 11) is 0. The van der Waals surface area contributed by atoms with Crippen molar-refractivity contribution in [3.8, 4) is 0 Å². The fraction of sp³-hybridized carbons (Fsp3) is 1.00. The summed E-state index contributed by atoms with van der Waals surface area (Å²) >= 11 is 0. The van der Waals surface area contributed by atoms with Gasteiger partial charge >= 0.3 is 0 Å². The molecule has 0 saturated carbocycles. The van der Waals surface area contributed by atoms with Crippen LogP contribution in [0.2, 0.25) is 0 Å². The van der Waals surface area contributed by atoms with Gasteiger partial charge in [0.25, 0.3) is 0 Å². The molecule has 0 aliphatic rings. The molecule has 1 N–H and O–H groups in total. The van der Waals surface area contributed by atoms with E-state index in [-0.39, 0.29) is 0 Å². The Morgan fingerprint density at radius 3 is 2.00 bits per heavy atom. The Balaban J connectivity index is 3.20. The fourth-order valence-corrected chi connectivity index (χ4v) is 1.14. The second-order valence-electron chi connectivity index (χ2n) is 6.70. The zero-order chi connectivity index (χ0) is 11.9. The maximum absolute atomic E-state index is 5.59. The molecule has 2 heteroatoms. The Kier molecular flexibility index (Phi) is 6.46. The van der Waals surface area contributed by atoms with Crippen molar-refractivity contribution in [1.29, 1.82) is 0 Å². The van der Waals surface area contributed by atoms with Crippen molar-refractivity contribution in [2.75, 3.05) is 26.3 Å². The third-order valence-electron chi connectivity index (χ3n) is 1.83. The predicted molar refractivity (Wildman–Crippen MR) is 67.2 cm³/mol. The molecule has 0 radical (unpaired) electrons. The van der Waals surface area contributed by atoms with Gasteiger partial charge in [-0.3, -0.25) is 0 Å². The van der Waals surface area contributed by atoms with Crippen LogP contribution in [0.4, 0.5) is 0 Å². The predicted octanol–water partition coefficient (Wildman–Crippen LogP) is 3.07. The first-order valence-corrected chi connectivity index (χ1v) is 5.99. The molecule has 0 amide bonds. The van der Waals surface area contributed by atoms with Crippen LogP contribution in [-0.4, -0.2) is 26.3 Å². The molecule has 0 aliphatic heterocycles. The van der Waals surface area contributed by atoms with Crippen LogP contribution in [0, 0.1) is 10.8 Å². The van der Waals surface area contributed by atoms with E-state index in [2.05, 4.69) is 46.9 Å². The zero-order valence-corrected chi connectivity index (χ0v) is 11.4. The second kappa shape index (κ2) is 6.49. The van der Waals surface area contributed by atoms with Gasteiger partial charge in [0.15, 0.2) is 0 Å². The average Bonchev–Trinajstić information content (AvgIpc) is 1.98. The van der Waals surface area contributed by atoms with E-state index in [0.29, 0.717) is 10.8 Å². The van der Waals surface area contributed by atoms with E-state index in [0.717, 1.165) is 32.7 Å². The van der Waals surface area contributed by atoms with Crippen molar-refractivity contribution in [2.24, 2.45) is 10.8 Å². The van der Waals surface area contributed by atoms with Crippen LogP contribution in [0.3, 0.4) is 0 Å². The number of nitrogens with one attached hydrogen (secondary N) is 1. The van der Waals surface area contributed by atoms with Crippen LogP contribution in [-0.2, 0) is 4.74 Å². The van der Waals surface area contributed by atoms with E-state index in [9.17, 15) is 0 Å². The molecule has 0 heterocycles. The normalized spacial score (nSPS) is 13.2. The molecular weight excluding hydrogens is 186 g/mol. The summed E-state index contributed by atoms with van der Waals surface area (Å²) in [5.41, 5.74) is 0.672. The van der Waals surface area contributed by atoms with Crippen LogP contribution >= 0.6 is 0 Å². The summed E-state index contributed by atoms with van der Waals surface area (Å²) in [6.07, 6.45) is 1.10. The highest BCUT2D eigenvalue weighted by Crippen LogP contribution is 2.12. The molecule has 0 atom stereocenters. The highest BCUT2D eigenvalue weighted by atomic mass is 16.5. The van der Waals surface area contributed by atoms with Gasteiger partial charge in [0.2, 0.25) is 0 Å². The van der Waals surface area contributed by atoms with Crippen LogP contribution < -0.4 is 5.32 Å². The molecule has 0 unspecified atom stereocenters. The highest BCUT2D eigenvalue weighted by molar-refractivity contribution is 4.64. The summed E-state index contributed by atoms with van der Waals surface area (Å²) in [6, 6.07) is 0. The monoisotopic (exact) mass is 215 g/mol. The van der Waals surface area contributed by atoms with Gasteiger partial charge in [-0.15, -0.1) is 0 Å². The average molecular weight is 215 g/mol. The van der Waals surface area contributed by atoms with Gasteiger partial charge in [-0.05, 0) is 30.3 Å². The SMILES string of the molecule is CC(C)(C)CNCCCOCC(C)(C)C. The Bertz CT molecular complexity index is 135. The van der Waals surface area contributed by atoms with Gasteiger partial charge in [-0.1, -0.05) is 41.5 Å². The molecule has 15 heavy (non-hydrogen) atoms. The minimum absolute atomic E-state index is 0.291. The van der Waals surface area contributed by atoms with E-state index in [1.807, 2.05) is 0 Å². The topological polar surface area (TPSA) is 21.3 Å². The van der Waals surface area contributed by atoms with Gasteiger partial charge in [-0.25, -0.2) is 0 Å². The lowest BCUT2D eigenvalue weighted by Crippen LogP contribution is -2.28. The number of ether oxygens (including phenoxy) is 1. The van der Waals surface area contributed by atoms with Gasteiger partial charge in [-0.2, -0.15) is 0 Å². The minimum atomic E-state index is 0.291. The maximum Gasteiger partial charge on any atom is 0.0514 e. The lowest BCUT2D eigenvalue weighted by molar-refractivity contribution is 0.0695. The fourth-order valence-electron chi connectivity index (χ4n) is 1.14. The van der Waals surface area contributed by atoms with Gasteiger partial charge < -0.3 is 10.1 Å². The Hall–Kier alpha value is -0.0800. The first-order valence-electron chi connectivity index (χ1n) is 5.99. The van der Waals surface area contributed by atoms with Crippen LogP contribution in [0.25, 0.3) is 0 Å². The molecule has 2 nitrogen and oxygen atoms in total. The summed E-state index contributed by atoms with van der Waals surface area (Å²) in [5.74, 6) is 0. The van der Waals surface area contributed by atoms with E-state index in [4.69, 9.17) is 4.74 Å². The lowest BCUT2D eigenvalue weighted by atomic mass is 9.97. The molecular formula is C13H29NO. The lowest BCUT2D eigenvalue weighted by Gasteiger charge is -2.20. The van der Waals surface area contributed by atoms with Gasteiger partial charge in [0, 0.05) is 6.61 Å². The number of hydrogen-bond acceptors (Lipinski definition) is 2. The molecule has 0 aromatic heterocycles. The van der Waals surface area contributed by atoms with E-state index in [1.54, 1.807) is 0 Å². The molecule has 0 aliphatic carbocycles. The molecule has 0 bridgehead atoms. The molecule has 0 rings (SSSR count). The smallest absolute Gasteiger partial charge is 0.0514 e. The molecule has 0 fully saturated rings. The minimum Gasteiger partial charge on any atom is -0.381 e. The zero-order valence-electron chi connectivity index (χ0n) is 11.4. The van der Waals surface area contributed by atoms with Gasteiger partial charge in [0.05, 0.1) is 6.61 Å². The van der Waals surface area contributed by atoms with Crippen molar-refractivity contribution in [3.63, 3.8) is 0 Å². The second-order valence-corrected chi connectivity index (χ2v) is 6.70. The van der Waals surface area contributed by atoms with E-state index >= 15 is 0 Å². The van der Waals surface area contributed by atoms with Crippen LogP contribution in [0.1, 0.15) is 48.0 Å². The third kappa shape index (κ3) is 13.9. The van der Waals surface area contributed by atoms with Gasteiger partial charge in [0.1, 0.15) is 0 Å². The summed E-state index contributed by atoms with van der Waals surface area (Å²) in [5, 5.41) is 3.44. The summed E-state index contributed by atoms with van der Waals surface area (Å²) < 4.78 is 5.59. The third-order valence-corrected chi connectivity index (χ3v) is 1.83. The standard InChI is InChI=1S/C13H29NO/c1-12(2,3)10-14-8-7-9-15-11-13(4,5)6/h14H,7-11H2,1-6H3. The number of hydrogen-bond donors (Lipinski definition) is 1. The molecule has 0 spiro atoms. The van der Waals surface area contributed by atoms with E-state index < -0.39 is 0 Å². The summed E-state index contributed by atoms with van der Waals surface area (Å²) in [6.45, 7) is 17.2. The maximum atomic E-state index is 5.59. The van der Waals surface area contributed by atoms with Crippen LogP contribution in [0.15, 0.2) is 0 Å². The highest BCUT2D eigenvalue weighted by Gasteiger charge is 2.10. The van der Waals surface area contributed by atoms with Crippen molar-refractivity contribution >= 4 is 0 Å². The Morgan fingerprint density at radius 2 is 1.53 bits per heavy atom. The van der Waals surface area contributed by atoms with Crippen LogP contribution in [0.5, 0.6) is 0 Å². The Morgan fingerprint density at radius 1 is 0.933 bits per heavy atom. The molecule has 92 valence electrons. The summed E-state index contributed by atoms with van der Waals surface area (Å²) in [4.78, 5) is 0. The van der Waals surface area contributed by atoms with Crippen molar-refractivity contribution in [2.45, 2.75) is 48.0 Å². The molecule has 0 aromatic rings. The van der Waals surface area contributed by atoms with Crippen molar-refractivity contribution in [3.05, 3.63) is 0 Å². The number of rotatable bonds is 6. The van der Waals surface area contributed by atoms with Crippen molar-refractivity contribution < 1.29 is 4.74 Å². The largest absolute Gasteiger partial charge is 0.381 e. The molecule has 0 aromatic carbocycles.